The molecule has 3 aliphatic rings. The molecule has 0 spiro atoms. The highest BCUT2D eigenvalue weighted by atomic mass is 15.1. The maximum atomic E-state index is 2.57. The third-order valence-corrected chi connectivity index (χ3v) is 14.1. The van der Waals surface area contributed by atoms with Crippen molar-refractivity contribution in [2.24, 2.45) is 0 Å². The zero-order valence-electron chi connectivity index (χ0n) is 34.6. The van der Waals surface area contributed by atoms with Gasteiger partial charge in [-0.2, -0.15) is 0 Å². The minimum atomic E-state index is -0.0750. The van der Waals surface area contributed by atoms with Crippen LogP contribution in [0.25, 0.3) is 61.1 Å². The van der Waals surface area contributed by atoms with Crippen molar-refractivity contribution in [3.63, 3.8) is 0 Å². The summed E-state index contributed by atoms with van der Waals surface area (Å²) in [5, 5.41) is 1.31. The molecule has 1 heterocycles. The van der Waals surface area contributed by atoms with Crippen LogP contribution in [0.5, 0.6) is 0 Å². The molecule has 9 aromatic rings. The summed E-state index contributed by atoms with van der Waals surface area (Å²) in [5.74, 6) is 0. The molecule has 0 atom stereocenters. The molecule has 0 radical (unpaired) electrons. The number of hydrogen-bond acceptors (Lipinski definition) is 1. The van der Waals surface area contributed by atoms with Crippen LogP contribution in [0.1, 0.15) is 61.2 Å². The van der Waals surface area contributed by atoms with Crippen LogP contribution in [0, 0.1) is 0 Å². The van der Waals surface area contributed by atoms with E-state index >= 15 is 0 Å². The van der Waals surface area contributed by atoms with Crippen molar-refractivity contribution in [2.75, 3.05) is 4.90 Å². The van der Waals surface area contributed by atoms with E-state index in [1.54, 1.807) is 0 Å². The molecule has 0 saturated carbocycles. The van der Waals surface area contributed by atoms with E-state index in [9.17, 15) is 0 Å². The molecule has 12 rings (SSSR count). The normalized spacial score (nSPS) is 14.8. The standard InChI is InChI=1S/C58H46N2/c1-57(2)50-20-12-10-18-45(50)47-30-28-42(35-52(47)57)59(40-15-6-5-7-16-40)41-26-22-37(23-27-41)39-25-32-54-49(34-39)56-44-17-9-8-14-38(44)24-33-55(56)60(54)43-29-31-48-46-19-11-13-21-51(46)58(3,4)53(48)36-43/h5-23,25-32,34-36H,24,33H2,1-4H3. The lowest BCUT2D eigenvalue weighted by molar-refractivity contribution is 0.659. The Kier molecular flexibility index (Phi) is 7.48. The van der Waals surface area contributed by atoms with Gasteiger partial charge < -0.3 is 9.47 Å². The Morgan fingerprint density at radius 2 is 0.967 bits per heavy atom. The number of benzene rings is 8. The molecular formula is C58H46N2. The molecule has 0 N–H and O–H groups in total. The van der Waals surface area contributed by atoms with Gasteiger partial charge in [-0.15, -0.1) is 0 Å². The first kappa shape index (κ1) is 35.1. The summed E-state index contributed by atoms with van der Waals surface area (Å²) in [6, 6.07) is 68.2. The van der Waals surface area contributed by atoms with E-state index in [2.05, 4.69) is 219 Å². The van der Waals surface area contributed by atoms with Gasteiger partial charge in [0.25, 0.3) is 0 Å². The van der Waals surface area contributed by atoms with Crippen molar-refractivity contribution < 1.29 is 0 Å². The van der Waals surface area contributed by atoms with Gasteiger partial charge in [-0.1, -0.05) is 149 Å². The van der Waals surface area contributed by atoms with E-state index in [1.807, 2.05) is 0 Å². The first-order valence-corrected chi connectivity index (χ1v) is 21.5. The van der Waals surface area contributed by atoms with Gasteiger partial charge in [-0.25, -0.2) is 0 Å². The maximum absolute atomic E-state index is 2.57. The molecule has 8 aromatic carbocycles. The molecule has 0 amide bonds. The van der Waals surface area contributed by atoms with Crippen molar-refractivity contribution in [3.05, 3.63) is 216 Å². The number of anilines is 3. The Morgan fingerprint density at radius 3 is 1.68 bits per heavy atom. The second-order valence-corrected chi connectivity index (χ2v) is 18.1. The molecule has 2 heteroatoms. The predicted molar refractivity (Wildman–Crippen MR) is 251 cm³/mol. The van der Waals surface area contributed by atoms with Crippen LogP contribution >= 0.6 is 0 Å². The smallest absolute Gasteiger partial charge is 0.0538 e. The summed E-state index contributed by atoms with van der Waals surface area (Å²) in [7, 11) is 0. The SMILES string of the molecule is CC1(C)c2ccccc2-c2ccc(N(c3ccccc3)c3ccc(-c4ccc5c(c4)c4c(n5-c5ccc6c(c5)C(C)(C)c5ccccc5-6)CCc5ccccc5-4)cc3)cc21. The lowest BCUT2D eigenvalue weighted by Crippen LogP contribution is -2.16. The number of rotatable bonds is 5. The molecule has 3 aliphatic carbocycles. The van der Waals surface area contributed by atoms with Gasteiger partial charge in [0.1, 0.15) is 0 Å². The quantitative estimate of drug-likeness (QED) is 0.169. The largest absolute Gasteiger partial charge is 0.313 e. The van der Waals surface area contributed by atoms with Crippen molar-refractivity contribution in [3.8, 4) is 50.2 Å². The van der Waals surface area contributed by atoms with E-state index in [0.717, 1.165) is 24.2 Å². The van der Waals surface area contributed by atoms with E-state index in [1.165, 1.54) is 100 Å². The zero-order chi connectivity index (χ0) is 40.3. The third-order valence-electron chi connectivity index (χ3n) is 14.1. The number of fused-ring (bicyclic) bond motifs is 11. The minimum absolute atomic E-state index is 0.0596. The number of aromatic nitrogens is 1. The van der Waals surface area contributed by atoms with Crippen LogP contribution in [0.2, 0.25) is 0 Å². The van der Waals surface area contributed by atoms with Gasteiger partial charge in [0.2, 0.25) is 0 Å². The third kappa shape index (κ3) is 5.00. The average molecular weight is 771 g/mol. The van der Waals surface area contributed by atoms with E-state index in [-0.39, 0.29) is 10.8 Å². The second kappa shape index (κ2) is 12.8. The van der Waals surface area contributed by atoms with Crippen LogP contribution in [0.15, 0.2) is 182 Å². The van der Waals surface area contributed by atoms with Gasteiger partial charge in [0, 0.05) is 50.2 Å². The lowest BCUT2D eigenvalue weighted by atomic mass is 9.82. The highest BCUT2D eigenvalue weighted by Gasteiger charge is 2.37. The van der Waals surface area contributed by atoms with Gasteiger partial charge in [0.15, 0.2) is 0 Å². The second-order valence-electron chi connectivity index (χ2n) is 18.1. The fourth-order valence-corrected chi connectivity index (χ4v) is 11.1. The summed E-state index contributed by atoms with van der Waals surface area (Å²) in [6.45, 7) is 9.47. The summed E-state index contributed by atoms with van der Waals surface area (Å²) >= 11 is 0. The van der Waals surface area contributed by atoms with Crippen LogP contribution < -0.4 is 4.90 Å². The Hall–Kier alpha value is -6.90. The van der Waals surface area contributed by atoms with Crippen molar-refractivity contribution in [1.82, 2.24) is 4.57 Å². The number of para-hydroxylation sites is 1. The Bertz CT molecular complexity index is 3200. The molecule has 0 bridgehead atoms. The minimum Gasteiger partial charge on any atom is -0.313 e. The first-order chi connectivity index (χ1) is 29.3. The van der Waals surface area contributed by atoms with E-state index in [0.29, 0.717) is 0 Å². The molecule has 60 heavy (non-hydrogen) atoms. The van der Waals surface area contributed by atoms with E-state index < -0.39 is 0 Å². The molecule has 2 nitrogen and oxygen atoms in total. The number of hydrogen-bond donors (Lipinski definition) is 0. The first-order valence-electron chi connectivity index (χ1n) is 21.5. The lowest BCUT2D eigenvalue weighted by Gasteiger charge is -2.28. The average Bonchev–Trinajstić information content (AvgIpc) is 3.83. The van der Waals surface area contributed by atoms with Gasteiger partial charge >= 0.3 is 0 Å². The Morgan fingerprint density at radius 1 is 0.417 bits per heavy atom. The zero-order valence-corrected chi connectivity index (χ0v) is 34.6. The summed E-state index contributed by atoms with van der Waals surface area (Å²) in [6.07, 6.45) is 2.05. The molecule has 0 fully saturated rings. The summed E-state index contributed by atoms with van der Waals surface area (Å²) in [5.41, 5.74) is 24.8. The number of nitrogens with zero attached hydrogens (tertiary/aromatic N) is 2. The van der Waals surface area contributed by atoms with Crippen molar-refractivity contribution in [2.45, 2.75) is 51.4 Å². The fraction of sp³-hybridized carbons (Fsp3) is 0.138. The van der Waals surface area contributed by atoms with Gasteiger partial charge in [0.05, 0.1) is 5.52 Å². The molecule has 0 unspecified atom stereocenters. The molecule has 1 aromatic heterocycles. The van der Waals surface area contributed by atoms with Gasteiger partial charge in [-0.3, -0.25) is 0 Å². The topological polar surface area (TPSA) is 8.17 Å². The van der Waals surface area contributed by atoms with E-state index in [4.69, 9.17) is 0 Å². The van der Waals surface area contributed by atoms with Crippen LogP contribution in [-0.2, 0) is 23.7 Å². The maximum Gasteiger partial charge on any atom is 0.0538 e. The number of aryl methyl sites for hydroxylation is 1. The summed E-state index contributed by atoms with van der Waals surface area (Å²) in [4.78, 5) is 2.40. The molecule has 0 aliphatic heterocycles. The van der Waals surface area contributed by atoms with Crippen LogP contribution in [-0.4, -0.2) is 4.57 Å². The van der Waals surface area contributed by atoms with Gasteiger partial charge in [-0.05, 0) is 140 Å². The summed E-state index contributed by atoms with van der Waals surface area (Å²) < 4.78 is 2.57. The Balaban J connectivity index is 0.968. The fourth-order valence-electron chi connectivity index (χ4n) is 11.1. The molecule has 288 valence electrons. The van der Waals surface area contributed by atoms with Crippen molar-refractivity contribution >= 4 is 28.0 Å². The van der Waals surface area contributed by atoms with Crippen LogP contribution in [0.4, 0.5) is 17.1 Å². The van der Waals surface area contributed by atoms with Crippen LogP contribution in [0.3, 0.4) is 0 Å². The molecule has 0 saturated heterocycles. The Labute approximate surface area is 353 Å². The highest BCUT2D eigenvalue weighted by molar-refractivity contribution is 6.03. The molecular weight excluding hydrogens is 725 g/mol. The predicted octanol–water partition coefficient (Wildman–Crippen LogP) is 15.1. The highest BCUT2D eigenvalue weighted by Crippen LogP contribution is 2.52. The van der Waals surface area contributed by atoms with Crippen molar-refractivity contribution in [1.29, 1.82) is 0 Å². The monoisotopic (exact) mass is 770 g/mol.